The number of aromatic carboxylic acids is 1. The van der Waals surface area contributed by atoms with Crippen molar-refractivity contribution in [3.05, 3.63) is 58.9 Å². The quantitative estimate of drug-likeness (QED) is 0.729. The SMILES string of the molecule is Cc1ccc(N=Nc2c(C(=O)O)nc3cccc(C)n23)cc1C. The van der Waals surface area contributed by atoms with Crippen molar-refractivity contribution in [2.24, 2.45) is 10.2 Å². The molecule has 1 aromatic carbocycles. The monoisotopic (exact) mass is 308 g/mol. The minimum absolute atomic E-state index is 0.105. The lowest BCUT2D eigenvalue weighted by molar-refractivity contribution is 0.0692. The molecule has 0 unspecified atom stereocenters. The molecular weight excluding hydrogens is 292 g/mol. The van der Waals surface area contributed by atoms with Gasteiger partial charge in [-0.3, -0.25) is 4.40 Å². The van der Waals surface area contributed by atoms with Crippen LogP contribution in [0.25, 0.3) is 5.65 Å². The molecule has 0 spiro atoms. The molecule has 1 N–H and O–H groups in total. The molecule has 2 aromatic heterocycles. The molecule has 0 bridgehead atoms. The average Bonchev–Trinajstić information content (AvgIpc) is 2.89. The number of carbonyl (C=O) groups is 1. The molecule has 3 rings (SSSR count). The normalized spacial score (nSPS) is 11.4. The van der Waals surface area contributed by atoms with Gasteiger partial charge in [0.2, 0.25) is 0 Å². The second-order valence-electron chi connectivity index (χ2n) is 5.42. The van der Waals surface area contributed by atoms with Gasteiger partial charge < -0.3 is 5.11 Å². The van der Waals surface area contributed by atoms with Crippen molar-refractivity contribution in [2.45, 2.75) is 20.8 Å². The number of imidazole rings is 1. The summed E-state index contributed by atoms with van der Waals surface area (Å²) in [6.07, 6.45) is 0. The van der Waals surface area contributed by atoms with Gasteiger partial charge >= 0.3 is 5.97 Å². The van der Waals surface area contributed by atoms with E-state index in [4.69, 9.17) is 0 Å². The highest BCUT2D eigenvalue weighted by molar-refractivity contribution is 5.91. The first-order chi connectivity index (χ1) is 11.0. The van der Waals surface area contributed by atoms with E-state index < -0.39 is 5.97 Å². The third kappa shape index (κ3) is 2.70. The largest absolute Gasteiger partial charge is 0.476 e. The van der Waals surface area contributed by atoms with Gasteiger partial charge in [0, 0.05) is 5.69 Å². The summed E-state index contributed by atoms with van der Waals surface area (Å²) in [5.41, 5.74) is 4.22. The summed E-state index contributed by atoms with van der Waals surface area (Å²) < 4.78 is 1.69. The Morgan fingerprint density at radius 1 is 1.09 bits per heavy atom. The molecule has 0 radical (unpaired) electrons. The molecule has 0 saturated carbocycles. The molecule has 6 heteroatoms. The van der Waals surface area contributed by atoms with E-state index in [1.807, 2.05) is 51.1 Å². The second-order valence-corrected chi connectivity index (χ2v) is 5.42. The summed E-state index contributed by atoms with van der Waals surface area (Å²) in [6.45, 7) is 5.89. The van der Waals surface area contributed by atoms with Crippen molar-refractivity contribution in [3.63, 3.8) is 0 Å². The van der Waals surface area contributed by atoms with Gasteiger partial charge in [-0.1, -0.05) is 12.1 Å². The summed E-state index contributed by atoms with van der Waals surface area (Å²) in [4.78, 5) is 15.6. The van der Waals surface area contributed by atoms with E-state index in [1.54, 1.807) is 10.5 Å². The Hall–Kier alpha value is -3.02. The third-order valence-corrected chi connectivity index (χ3v) is 3.77. The summed E-state index contributed by atoms with van der Waals surface area (Å²) in [5, 5.41) is 17.7. The van der Waals surface area contributed by atoms with Crippen LogP contribution in [0.5, 0.6) is 0 Å². The van der Waals surface area contributed by atoms with Gasteiger partial charge in [0.25, 0.3) is 0 Å². The van der Waals surface area contributed by atoms with Gasteiger partial charge in [-0.2, -0.15) is 0 Å². The molecule has 2 heterocycles. The van der Waals surface area contributed by atoms with Crippen LogP contribution in [0.15, 0.2) is 46.6 Å². The van der Waals surface area contributed by atoms with Crippen LogP contribution >= 0.6 is 0 Å². The fourth-order valence-electron chi connectivity index (χ4n) is 2.36. The highest BCUT2D eigenvalue weighted by atomic mass is 16.4. The van der Waals surface area contributed by atoms with Gasteiger partial charge in [0.1, 0.15) is 5.65 Å². The number of aryl methyl sites for hydroxylation is 3. The Balaban J connectivity index is 2.14. The van der Waals surface area contributed by atoms with E-state index in [0.29, 0.717) is 11.3 Å². The number of aromatic nitrogens is 2. The van der Waals surface area contributed by atoms with Crippen molar-refractivity contribution < 1.29 is 9.90 Å². The lowest BCUT2D eigenvalue weighted by Gasteiger charge is -2.02. The average molecular weight is 308 g/mol. The van der Waals surface area contributed by atoms with Crippen molar-refractivity contribution in [1.82, 2.24) is 9.38 Å². The summed E-state index contributed by atoms with van der Waals surface area (Å²) in [5.74, 6) is -0.897. The number of hydrogen-bond acceptors (Lipinski definition) is 4. The first-order valence-electron chi connectivity index (χ1n) is 7.18. The first-order valence-corrected chi connectivity index (χ1v) is 7.18. The van der Waals surface area contributed by atoms with Gasteiger partial charge in [0.05, 0.1) is 5.69 Å². The van der Waals surface area contributed by atoms with Crippen LogP contribution in [0.1, 0.15) is 27.3 Å². The number of benzene rings is 1. The number of carboxylic acids is 1. The highest BCUT2D eigenvalue weighted by Gasteiger charge is 2.19. The smallest absolute Gasteiger partial charge is 0.358 e. The Labute approximate surface area is 133 Å². The predicted octanol–water partition coefficient (Wildman–Crippen LogP) is 4.37. The van der Waals surface area contributed by atoms with Gasteiger partial charge in [-0.15, -0.1) is 10.2 Å². The molecule has 0 amide bonds. The van der Waals surface area contributed by atoms with Crippen molar-refractivity contribution in [2.75, 3.05) is 0 Å². The highest BCUT2D eigenvalue weighted by Crippen LogP contribution is 2.26. The lowest BCUT2D eigenvalue weighted by atomic mass is 10.1. The van der Waals surface area contributed by atoms with E-state index in [-0.39, 0.29) is 11.5 Å². The molecule has 0 aliphatic rings. The van der Waals surface area contributed by atoms with E-state index >= 15 is 0 Å². The Kier molecular flexibility index (Phi) is 3.65. The fraction of sp³-hybridized carbons (Fsp3) is 0.176. The summed E-state index contributed by atoms with van der Waals surface area (Å²) >= 11 is 0. The maximum atomic E-state index is 11.4. The number of hydrogen-bond donors (Lipinski definition) is 1. The number of azo groups is 1. The molecule has 6 nitrogen and oxygen atoms in total. The van der Waals surface area contributed by atoms with Crippen LogP contribution in [0.3, 0.4) is 0 Å². The Bertz CT molecular complexity index is 941. The van der Waals surface area contributed by atoms with Gasteiger partial charge in [-0.25, -0.2) is 9.78 Å². The van der Waals surface area contributed by atoms with Crippen LogP contribution in [-0.2, 0) is 0 Å². The molecule has 0 saturated heterocycles. The van der Waals surface area contributed by atoms with Gasteiger partial charge in [0.15, 0.2) is 11.5 Å². The molecule has 0 fully saturated rings. The van der Waals surface area contributed by atoms with Crippen molar-refractivity contribution in [3.8, 4) is 0 Å². The van der Waals surface area contributed by atoms with Crippen LogP contribution < -0.4 is 0 Å². The van der Waals surface area contributed by atoms with E-state index in [9.17, 15) is 9.90 Å². The van der Waals surface area contributed by atoms with Crippen molar-refractivity contribution >= 4 is 23.1 Å². The van der Waals surface area contributed by atoms with Gasteiger partial charge in [-0.05, 0) is 56.2 Å². The third-order valence-electron chi connectivity index (χ3n) is 3.77. The zero-order valence-electron chi connectivity index (χ0n) is 13.1. The number of pyridine rings is 1. The standard InChI is InChI=1S/C17H16N4O2/c1-10-7-8-13(9-11(10)2)19-20-16-15(17(22)23)18-14-6-4-5-12(3)21(14)16/h4-9H,1-3H3,(H,22,23). The molecular formula is C17H16N4O2. The summed E-state index contributed by atoms with van der Waals surface area (Å²) in [6, 6.07) is 11.2. The molecule has 0 atom stereocenters. The number of nitrogens with zero attached hydrogens (tertiary/aromatic N) is 4. The topological polar surface area (TPSA) is 79.3 Å². The lowest BCUT2D eigenvalue weighted by Crippen LogP contribution is -1.97. The van der Waals surface area contributed by atoms with Crippen LogP contribution in [0.4, 0.5) is 11.5 Å². The molecule has 23 heavy (non-hydrogen) atoms. The molecule has 3 aromatic rings. The van der Waals surface area contributed by atoms with Crippen LogP contribution in [0, 0.1) is 20.8 Å². The maximum absolute atomic E-state index is 11.4. The Morgan fingerprint density at radius 2 is 1.87 bits per heavy atom. The van der Waals surface area contributed by atoms with Crippen LogP contribution in [0.2, 0.25) is 0 Å². The number of carboxylic acid groups (broad SMARTS) is 1. The van der Waals surface area contributed by atoms with E-state index in [2.05, 4.69) is 15.2 Å². The van der Waals surface area contributed by atoms with Crippen molar-refractivity contribution in [1.29, 1.82) is 0 Å². The predicted molar refractivity (Wildman–Crippen MR) is 87.0 cm³/mol. The van der Waals surface area contributed by atoms with E-state index in [1.165, 1.54) is 5.56 Å². The number of fused-ring (bicyclic) bond motifs is 1. The molecule has 0 aliphatic carbocycles. The molecule has 116 valence electrons. The molecule has 0 aliphatic heterocycles. The number of rotatable bonds is 3. The van der Waals surface area contributed by atoms with Crippen LogP contribution in [-0.4, -0.2) is 20.5 Å². The first kappa shape index (κ1) is 14.9. The summed E-state index contributed by atoms with van der Waals surface area (Å²) in [7, 11) is 0. The minimum Gasteiger partial charge on any atom is -0.476 e. The minimum atomic E-state index is -1.12. The second kappa shape index (κ2) is 5.64. The Morgan fingerprint density at radius 3 is 2.57 bits per heavy atom. The zero-order chi connectivity index (χ0) is 16.6. The maximum Gasteiger partial charge on any atom is 0.358 e. The van der Waals surface area contributed by atoms with E-state index in [0.717, 1.165) is 11.3 Å². The fourth-order valence-corrected chi connectivity index (χ4v) is 2.36. The zero-order valence-corrected chi connectivity index (χ0v) is 13.1.